The molecule has 3 aromatic carbocycles. The maximum Gasteiger partial charge on any atom is 0.416 e. The Hall–Kier alpha value is -4.95. The maximum atomic E-state index is 14.1. The van der Waals surface area contributed by atoms with E-state index in [9.17, 15) is 45.8 Å². The van der Waals surface area contributed by atoms with Crippen LogP contribution in [0.3, 0.4) is 0 Å². The van der Waals surface area contributed by atoms with Gasteiger partial charge in [0, 0.05) is 37.8 Å². The predicted octanol–water partition coefficient (Wildman–Crippen LogP) is 5.27. The van der Waals surface area contributed by atoms with E-state index in [2.05, 4.69) is 15.6 Å². The van der Waals surface area contributed by atoms with Gasteiger partial charge >= 0.3 is 6.18 Å². The number of halogens is 6. The summed E-state index contributed by atoms with van der Waals surface area (Å²) in [4.78, 5) is 42.8. The SMILES string of the molecule is C[C@H](c1ccccc1)N(C)C(=O)c1cc(C(=O)N[C@@H](c2cc(F)cc(F)c2)[C@H](O)CNCc2cc(F)cc(C(F)(F)F)c2)[nH]c(=O)c1. The van der Waals surface area contributed by atoms with Crippen LogP contribution in [0.5, 0.6) is 0 Å². The van der Waals surface area contributed by atoms with Gasteiger partial charge in [0.2, 0.25) is 5.56 Å². The molecule has 4 N–H and O–H groups in total. The van der Waals surface area contributed by atoms with E-state index in [0.29, 0.717) is 18.2 Å². The summed E-state index contributed by atoms with van der Waals surface area (Å²) < 4.78 is 81.4. The van der Waals surface area contributed by atoms with Crippen molar-refractivity contribution in [2.75, 3.05) is 13.6 Å². The molecule has 0 unspecified atom stereocenters. The van der Waals surface area contributed by atoms with Gasteiger partial charge in [-0.05, 0) is 60.0 Å². The maximum absolute atomic E-state index is 14.1. The van der Waals surface area contributed by atoms with E-state index in [0.717, 1.165) is 35.9 Å². The standard InChI is InChI=1S/C33H30F6N4O4/c1-18(20-6-4-3-5-7-20)43(2)32(47)22-12-27(41-29(45)13-22)31(46)42-30(21-10-25(35)15-26(36)11-21)28(44)17-40-16-19-8-23(33(37,38)39)14-24(34)9-19/h3-15,18,28,30,40,44H,16-17H2,1-2H3,(H,41,45)(H,42,46)/t18-,28-,30+/m1/s1. The topological polar surface area (TPSA) is 115 Å². The highest BCUT2D eigenvalue weighted by atomic mass is 19.4. The number of H-pyrrole nitrogens is 1. The number of alkyl halides is 3. The normalized spacial score (nSPS) is 13.5. The van der Waals surface area contributed by atoms with E-state index in [1.807, 2.05) is 18.2 Å². The summed E-state index contributed by atoms with van der Waals surface area (Å²) in [6.07, 6.45) is -6.45. The third kappa shape index (κ3) is 9.08. The van der Waals surface area contributed by atoms with Crippen LogP contribution in [0.2, 0.25) is 0 Å². The number of benzene rings is 3. The Morgan fingerprint density at radius 1 is 0.894 bits per heavy atom. The number of hydrogen-bond acceptors (Lipinski definition) is 5. The lowest BCUT2D eigenvalue weighted by atomic mass is 10.00. The Kier molecular flexibility index (Phi) is 10.9. The molecular weight excluding hydrogens is 630 g/mol. The predicted molar refractivity (Wildman–Crippen MR) is 160 cm³/mol. The molecule has 1 aromatic heterocycles. The number of carbonyl (C=O) groups is 2. The fraction of sp³-hybridized carbons (Fsp3) is 0.242. The molecule has 0 aliphatic heterocycles. The van der Waals surface area contributed by atoms with Gasteiger partial charge in [-0.1, -0.05) is 30.3 Å². The van der Waals surface area contributed by atoms with Gasteiger partial charge < -0.3 is 25.6 Å². The number of nitrogens with zero attached hydrogens (tertiary/aromatic N) is 1. The minimum atomic E-state index is -4.80. The molecule has 0 spiro atoms. The lowest BCUT2D eigenvalue weighted by Crippen LogP contribution is -2.42. The number of nitrogens with one attached hydrogen (secondary N) is 3. The lowest BCUT2D eigenvalue weighted by Gasteiger charge is -2.26. The van der Waals surface area contributed by atoms with Gasteiger partial charge in [0.05, 0.1) is 23.8 Å². The average molecular weight is 661 g/mol. The van der Waals surface area contributed by atoms with Crippen LogP contribution >= 0.6 is 0 Å². The number of aromatic nitrogens is 1. The molecule has 0 radical (unpaired) electrons. The highest BCUT2D eigenvalue weighted by Crippen LogP contribution is 2.30. The number of aliphatic hydroxyl groups is 1. The number of rotatable bonds is 11. The molecule has 248 valence electrons. The number of carbonyl (C=O) groups excluding carboxylic acids is 2. The van der Waals surface area contributed by atoms with E-state index in [1.54, 1.807) is 19.1 Å². The molecule has 4 rings (SSSR count). The van der Waals surface area contributed by atoms with E-state index < -0.39 is 77.0 Å². The highest BCUT2D eigenvalue weighted by Gasteiger charge is 2.31. The van der Waals surface area contributed by atoms with Gasteiger partial charge in [0.1, 0.15) is 23.1 Å². The summed E-state index contributed by atoms with van der Waals surface area (Å²) in [7, 11) is 1.52. The second kappa shape index (κ2) is 14.6. The molecule has 8 nitrogen and oxygen atoms in total. The number of aliphatic hydroxyl groups excluding tert-OH is 1. The Bertz CT molecular complexity index is 1780. The monoisotopic (exact) mass is 660 g/mol. The largest absolute Gasteiger partial charge is 0.416 e. The summed E-state index contributed by atoms with van der Waals surface area (Å²) in [5.41, 5.74) is -2.06. The van der Waals surface area contributed by atoms with Crippen LogP contribution in [0.25, 0.3) is 0 Å². The lowest BCUT2D eigenvalue weighted by molar-refractivity contribution is -0.137. The minimum absolute atomic E-state index is 0.104. The molecule has 2 amide bonds. The molecular formula is C33H30F6N4O4. The van der Waals surface area contributed by atoms with Crippen LogP contribution in [-0.2, 0) is 12.7 Å². The van der Waals surface area contributed by atoms with Gasteiger partial charge in [0.15, 0.2) is 0 Å². The molecule has 0 fully saturated rings. The van der Waals surface area contributed by atoms with Crippen molar-refractivity contribution in [3.05, 3.63) is 140 Å². The van der Waals surface area contributed by atoms with Crippen molar-refractivity contribution in [3.8, 4) is 0 Å². The summed E-state index contributed by atoms with van der Waals surface area (Å²) in [6, 6.07) is 13.4. The van der Waals surface area contributed by atoms with Gasteiger partial charge in [-0.2, -0.15) is 13.2 Å². The zero-order valence-corrected chi connectivity index (χ0v) is 25.0. The first-order chi connectivity index (χ1) is 22.1. The van der Waals surface area contributed by atoms with Crippen molar-refractivity contribution in [1.82, 2.24) is 20.5 Å². The third-order valence-corrected chi connectivity index (χ3v) is 7.40. The Balaban J connectivity index is 1.55. The van der Waals surface area contributed by atoms with Crippen molar-refractivity contribution < 1.29 is 41.0 Å². The van der Waals surface area contributed by atoms with Crippen LogP contribution in [0, 0.1) is 17.5 Å². The molecule has 0 aliphatic carbocycles. The summed E-state index contributed by atoms with van der Waals surface area (Å²) in [5.74, 6) is -4.80. The van der Waals surface area contributed by atoms with Crippen molar-refractivity contribution in [2.24, 2.45) is 0 Å². The first-order valence-electron chi connectivity index (χ1n) is 14.2. The van der Waals surface area contributed by atoms with Crippen LogP contribution in [0.15, 0.2) is 83.7 Å². The Morgan fingerprint density at radius 3 is 2.17 bits per heavy atom. The molecule has 0 aliphatic rings. The number of hydrogen-bond donors (Lipinski definition) is 4. The molecule has 47 heavy (non-hydrogen) atoms. The fourth-order valence-electron chi connectivity index (χ4n) is 4.90. The summed E-state index contributed by atoms with van der Waals surface area (Å²) in [5, 5.41) is 16.0. The summed E-state index contributed by atoms with van der Waals surface area (Å²) in [6.45, 7) is 0.982. The molecule has 3 atom stereocenters. The van der Waals surface area contributed by atoms with Gasteiger partial charge in [-0.25, -0.2) is 13.2 Å². The smallest absolute Gasteiger partial charge is 0.389 e. The molecule has 1 heterocycles. The Labute approximate surface area is 265 Å². The third-order valence-electron chi connectivity index (χ3n) is 7.40. The number of pyridine rings is 1. The fourth-order valence-corrected chi connectivity index (χ4v) is 4.90. The van der Waals surface area contributed by atoms with Gasteiger partial charge in [-0.3, -0.25) is 14.4 Å². The molecule has 14 heteroatoms. The van der Waals surface area contributed by atoms with Crippen molar-refractivity contribution >= 4 is 11.8 Å². The zero-order chi connectivity index (χ0) is 34.5. The van der Waals surface area contributed by atoms with Crippen molar-refractivity contribution in [1.29, 1.82) is 0 Å². The van der Waals surface area contributed by atoms with E-state index in [4.69, 9.17) is 0 Å². The van der Waals surface area contributed by atoms with Crippen LogP contribution in [0.4, 0.5) is 26.3 Å². The quantitative estimate of drug-likeness (QED) is 0.164. The average Bonchev–Trinajstić information content (AvgIpc) is 3.01. The number of amides is 2. The molecule has 0 saturated heterocycles. The van der Waals surface area contributed by atoms with Gasteiger partial charge in [-0.15, -0.1) is 0 Å². The first-order valence-corrected chi connectivity index (χ1v) is 14.2. The van der Waals surface area contributed by atoms with Crippen molar-refractivity contribution in [3.63, 3.8) is 0 Å². The second-order valence-corrected chi connectivity index (χ2v) is 10.8. The molecule has 0 bridgehead atoms. The van der Waals surface area contributed by atoms with Crippen LogP contribution < -0.4 is 16.2 Å². The zero-order valence-electron chi connectivity index (χ0n) is 25.0. The van der Waals surface area contributed by atoms with Crippen molar-refractivity contribution in [2.45, 2.75) is 37.8 Å². The van der Waals surface area contributed by atoms with E-state index in [1.165, 1.54) is 11.9 Å². The van der Waals surface area contributed by atoms with E-state index in [-0.39, 0.29) is 23.2 Å². The first kappa shape index (κ1) is 34.9. The molecule has 4 aromatic rings. The van der Waals surface area contributed by atoms with Gasteiger partial charge in [0.25, 0.3) is 11.8 Å². The van der Waals surface area contributed by atoms with E-state index >= 15 is 0 Å². The highest BCUT2D eigenvalue weighted by molar-refractivity contribution is 5.98. The minimum Gasteiger partial charge on any atom is -0.389 e. The number of aromatic amines is 1. The summed E-state index contributed by atoms with van der Waals surface area (Å²) >= 11 is 0. The second-order valence-electron chi connectivity index (χ2n) is 10.8. The molecule has 0 saturated carbocycles. The van der Waals surface area contributed by atoms with Crippen LogP contribution in [-0.4, -0.2) is 46.5 Å². The van der Waals surface area contributed by atoms with Crippen LogP contribution in [0.1, 0.15) is 62.1 Å². The Morgan fingerprint density at radius 2 is 1.53 bits per heavy atom.